The molecule has 1 saturated carbocycles. The van der Waals surface area contributed by atoms with E-state index >= 15 is 0 Å². The highest BCUT2D eigenvalue weighted by Gasteiger charge is 2.04. The lowest BCUT2D eigenvalue weighted by atomic mass is 10.4. The molecule has 0 radical (unpaired) electrons. The summed E-state index contributed by atoms with van der Waals surface area (Å²) in [7, 11) is 0. The van der Waals surface area contributed by atoms with Crippen molar-refractivity contribution in [3.63, 3.8) is 0 Å². The Morgan fingerprint density at radius 2 is 1.18 bits per heavy atom. The summed E-state index contributed by atoms with van der Waals surface area (Å²) in [4.78, 5) is 20.7. The van der Waals surface area contributed by atoms with Gasteiger partial charge in [0.05, 0.1) is 0 Å². The summed E-state index contributed by atoms with van der Waals surface area (Å²) >= 11 is 0. The number of hydrogen-bond donors (Lipinski definition) is 0. The first kappa shape index (κ1) is 16.2. The highest BCUT2D eigenvalue weighted by Crippen LogP contribution is 2.15. The Balaban J connectivity index is 0.000000299. The van der Waals surface area contributed by atoms with Crippen molar-refractivity contribution in [2.45, 2.75) is 45.3 Å². The van der Waals surface area contributed by atoms with Crippen LogP contribution in [0.1, 0.15) is 64.7 Å². The predicted molar refractivity (Wildman–Crippen MR) is 79.8 cm³/mol. The van der Waals surface area contributed by atoms with E-state index in [9.17, 15) is 9.59 Å². The van der Waals surface area contributed by atoms with Crippen LogP contribution in [0.2, 0.25) is 0 Å². The van der Waals surface area contributed by atoms with E-state index in [2.05, 4.69) is 0 Å². The molecule has 0 amide bonds. The van der Waals surface area contributed by atoms with Crippen molar-refractivity contribution >= 4 is 12.6 Å². The first-order valence-corrected chi connectivity index (χ1v) is 7.47. The number of carbonyl (C=O) groups excluding carboxylic acids is 2. The first-order chi connectivity index (χ1) is 10.8. The van der Waals surface area contributed by atoms with Crippen LogP contribution < -0.4 is 0 Å². The lowest BCUT2D eigenvalue weighted by Gasteiger charge is -1.98. The minimum Gasteiger partial charge on any atom is -0.456 e. The van der Waals surface area contributed by atoms with Gasteiger partial charge < -0.3 is 13.6 Å². The lowest BCUT2D eigenvalue weighted by Crippen LogP contribution is -1.91. The molecule has 0 saturated heterocycles. The molecule has 0 bridgehead atoms. The van der Waals surface area contributed by atoms with Crippen molar-refractivity contribution in [3.05, 3.63) is 47.3 Å². The van der Waals surface area contributed by atoms with E-state index in [0.717, 1.165) is 0 Å². The molecule has 0 unspecified atom stereocenters. The fourth-order valence-electron chi connectivity index (χ4n) is 2.21. The maximum Gasteiger partial charge on any atom is 0.185 e. The molecule has 0 atom stereocenters. The van der Waals surface area contributed by atoms with Crippen LogP contribution in [0.15, 0.2) is 33.1 Å². The highest BCUT2D eigenvalue weighted by atomic mass is 16.5. The van der Waals surface area contributed by atoms with Crippen LogP contribution in [0.3, 0.4) is 0 Å². The smallest absolute Gasteiger partial charge is 0.185 e. The molecule has 0 aromatic carbocycles. The van der Waals surface area contributed by atoms with Gasteiger partial charge in [-0.05, 0) is 24.3 Å². The lowest BCUT2D eigenvalue weighted by molar-refractivity contribution is 0.0780. The van der Waals surface area contributed by atoms with E-state index < -0.39 is 0 Å². The van der Waals surface area contributed by atoms with E-state index in [-0.39, 0.29) is 24.7 Å². The molecule has 5 heteroatoms. The molecule has 2 heterocycles. The van der Waals surface area contributed by atoms with E-state index in [1.165, 1.54) is 32.1 Å². The van der Waals surface area contributed by atoms with E-state index in [1.54, 1.807) is 24.3 Å². The second kappa shape index (κ2) is 9.00. The van der Waals surface area contributed by atoms with Gasteiger partial charge >= 0.3 is 0 Å². The minimum atomic E-state index is 0.241. The number of rotatable bonds is 6. The average molecular weight is 304 g/mol. The first-order valence-electron chi connectivity index (χ1n) is 7.47. The van der Waals surface area contributed by atoms with Gasteiger partial charge in [-0.15, -0.1) is 0 Å². The molecule has 0 spiro atoms. The van der Waals surface area contributed by atoms with Crippen molar-refractivity contribution in [3.8, 4) is 0 Å². The normalized spacial score (nSPS) is 13.5. The van der Waals surface area contributed by atoms with Crippen molar-refractivity contribution in [2.75, 3.05) is 0 Å². The highest BCUT2D eigenvalue weighted by molar-refractivity contribution is 5.70. The van der Waals surface area contributed by atoms with Gasteiger partial charge in [-0.2, -0.15) is 0 Å². The fourth-order valence-corrected chi connectivity index (χ4v) is 2.21. The quantitative estimate of drug-likeness (QED) is 0.749. The average Bonchev–Trinajstić information content (AvgIpc) is 3.30. The van der Waals surface area contributed by atoms with E-state index in [4.69, 9.17) is 13.6 Å². The van der Waals surface area contributed by atoms with Crippen molar-refractivity contribution < 1.29 is 23.2 Å². The molecule has 5 nitrogen and oxygen atoms in total. The zero-order chi connectivity index (χ0) is 15.6. The van der Waals surface area contributed by atoms with Crippen LogP contribution in [0.25, 0.3) is 0 Å². The van der Waals surface area contributed by atoms with Gasteiger partial charge in [0.1, 0.15) is 24.7 Å². The molecule has 1 aliphatic carbocycles. The molecule has 1 fully saturated rings. The fraction of sp³-hybridized carbons (Fsp3) is 0.412. The second-order valence-electron chi connectivity index (χ2n) is 5.10. The van der Waals surface area contributed by atoms with E-state index in [1.807, 2.05) is 0 Å². The molecule has 2 aromatic heterocycles. The van der Waals surface area contributed by atoms with Crippen LogP contribution in [-0.2, 0) is 18.0 Å². The summed E-state index contributed by atoms with van der Waals surface area (Å²) in [5.41, 5.74) is 0. The largest absolute Gasteiger partial charge is 0.456 e. The maximum absolute atomic E-state index is 10.4. The summed E-state index contributed by atoms with van der Waals surface area (Å²) in [6.45, 7) is 0.482. The molecular formula is C17H20O5. The van der Waals surface area contributed by atoms with Crippen molar-refractivity contribution in [1.29, 1.82) is 0 Å². The van der Waals surface area contributed by atoms with Gasteiger partial charge in [0.15, 0.2) is 24.1 Å². The van der Waals surface area contributed by atoms with Gasteiger partial charge in [0.25, 0.3) is 0 Å². The standard InChI is InChI=1S/C12H10O5.C5H10/c13-5-9-1-3-11(16-9)7-15-8-12-4-2-10(6-14)17-12;1-2-4-5-3-1/h1-6H,7-8H2;1-5H2. The molecule has 118 valence electrons. The van der Waals surface area contributed by atoms with E-state index in [0.29, 0.717) is 24.1 Å². The summed E-state index contributed by atoms with van der Waals surface area (Å²) in [6.07, 6.45) is 8.76. The van der Waals surface area contributed by atoms with Gasteiger partial charge in [0, 0.05) is 0 Å². The maximum atomic E-state index is 10.4. The molecule has 2 aromatic rings. The molecule has 22 heavy (non-hydrogen) atoms. The molecule has 1 aliphatic rings. The van der Waals surface area contributed by atoms with Crippen molar-refractivity contribution in [1.82, 2.24) is 0 Å². The molecular weight excluding hydrogens is 284 g/mol. The van der Waals surface area contributed by atoms with Gasteiger partial charge in [-0.25, -0.2) is 0 Å². The number of ether oxygens (including phenoxy) is 1. The third-order valence-corrected chi connectivity index (χ3v) is 3.34. The Morgan fingerprint density at radius 3 is 1.50 bits per heavy atom. The Morgan fingerprint density at radius 1 is 0.773 bits per heavy atom. The van der Waals surface area contributed by atoms with Gasteiger partial charge in [0.2, 0.25) is 0 Å². The van der Waals surface area contributed by atoms with Gasteiger partial charge in [-0.3, -0.25) is 9.59 Å². The number of aldehydes is 2. The Hall–Kier alpha value is -2.14. The third kappa shape index (κ3) is 5.33. The Kier molecular flexibility index (Phi) is 6.64. The van der Waals surface area contributed by atoms with Crippen LogP contribution in [0.4, 0.5) is 0 Å². The SMILES string of the molecule is C1CCCC1.O=Cc1ccc(COCc2ccc(C=O)o2)o1. The minimum absolute atomic E-state index is 0.241. The van der Waals surface area contributed by atoms with Crippen LogP contribution in [0, 0.1) is 0 Å². The summed E-state index contributed by atoms with van der Waals surface area (Å²) < 4.78 is 15.5. The number of hydrogen-bond acceptors (Lipinski definition) is 5. The van der Waals surface area contributed by atoms with Crippen LogP contribution in [0.5, 0.6) is 0 Å². The predicted octanol–water partition coefficient (Wildman–Crippen LogP) is 4.16. The summed E-state index contributed by atoms with van der Waals surface area (Å²) in [5.74, 6) is 1.67. The number of carbonyl (C=O) groups is 2. The Bertz CT molecular complexity index is 524. The summed E-state index contributed by atoms with van der Waals surface area (Å²) in [5, 5.41) is 0. The zero-order valence-electron chi connectivity index (χ0n) is 12.5. The van der Waals surface area contributed by atoms with Gasteiger partial charge in [-0.1, -0.05) is 32.1 Å². The molecule has 0 N–H and O–H groups in total. The monoisotopic (exact) mass is 304 g/mol. The Labute approximate surface area is 129 Å². The molecule has 3 rings (SSSR count). The second-order valence-corrected chi connectivity index (χ2v) is 5.10. The third-order valence-electron chi connectivity index (χ3n) is 3.34. The topological polar surface area (TPSA) is 69.7 Å². The van der Waals surface area contributed by atoms with Crippen LogP contribution in [-0.4, -0.2) is 12.6 Å². The summed E-state index contributed by atoms with van der Waals surface area (Å²) in [6, 6.07) is 6.48. The van der Waals surface area contributed by atoms with Crippen LogP contribution >= 0.6 is 0 Å². The molecule has 0 aliphatic heterocycles. The van der Waals surface area contributed by atoms with Crippen molar-refractivity contribution in [2.24, 2.45) is 0 Å². The zero-order valence-corrected chi connectivity index (χ0v) is 12.5. The number of furan rings is 2.